The van der Waals surface area contributed by atoms with E-state index in [1.54, 1.807) is 18.2 Å². The molecule has 0 aromatic heterocycles. The maximum atomic E-state index is 11.9. The van der Waals surface area contributed by atoms with Crippen LogP contribution in [0.1, 0.15) is 0 Å². The Hall–Kier alpha value is -1.63. The molecule has 0 bridgehead atoms. The second-order valence-electron chi connectivity index (χ2n) is 7.13. The van der Waals surface area contributed by atoms with Crippen molar-refractivity contribution in [1.29, 1.82) is 0 Å². The summed E-state index contributed by atoms with van der Waals surface area (Å²) in [5.74, 6) is 2.39. The highest BCUT2D eigenvalue weighted by atomic mass is 32.2. The van der Waals surface area contributed by atoms with E-state index < -0.39 is 10.1 Å². The number of hydrogen-bond donors (Lipinski definition) is 0. The Morgan fingerprint density at radius 1 is 0.514 bits per heavy atom. The van der Waals surface area contributed by atoms with Crippen LogP contribution in [0.15, 0.2) is 35.2 Å². The van der Waals surface area contributed by atoms with E-state index in [9.17, 15) is 8.42 Å². The molecule has 12 heteroatoms. The topological polar surface area (TPSA) is 117 Å². The molecule has 0 N–H and O–H groups in total. The summed E-state index contributed by atoms with van der Waals surface area (Å²) >= 11 is 0. The molecule has 1 rings (SSSR count). The number of hydrogen-bond acceptors (Lipinski definition) is 11. The summed E-state index contributed by atoms with van der Waals surface area (Å²) in [5.41, 5.74) is 0. The van der Waals surface area contributed by atoms with Crippen molar-refractivity contribution in [3.05, 3.63) is 30.3 Å². The molecule has 0 saturated heterocycles. The summed E-state index contributed by atoms with van der Waals surface area (Å²) in [5, 5.41) is 0. The van der Waals surface area contributed by atoms with Crippen LogP contribution in [-0.4, -0.2) is 121 Å². The van der Waals surface area contributed by atoms with E-state index in [0.29, 0.717) is 99.1 Å². The smallest absolute Gasteiger partial charge is 0.297 e. The van der Waals surface area contributed by atoms with Gasteiger partial charge in [0.2, 0.25) is 0 Å². The quantitative estimate of drug-likeness (QED) is 0.0895. The van der Waals surface area contributed by atoms with Crippen molar-refractivity contribution in [3.8, 4) is 12.3 Å². The highest BCUT2D eigenvalue weighted by Gasteiger charge is 2.13. The summed E-state index contributed by atoms with van der Waals surface area (Å²) in [6, 6.07) is 7.97. The minimum Gasteiger partial charge on any atom is -0.377 e. The summed E-state index contributed by atoms with van der Waals surface area (Å²) < 4.78 is 71.5. The average Bonchev–Trinajstić information content (AvgIpc) is 2.91. The summed E-state index contributed by atoms with van der Waals surface area (Å²) in [7, 11) is -3.75. The fourth-order valence-electron chi connectivity index (χ4n) is 2.53. The lowest BCUT2D eigenvalue weighted by Crippen LogP contribution is -2.15. The van der Waals surface area contributed by atoms with Gasteiger partial charge in [-0.2, -0.15) is 8.42 Å². The molecule has 0 atom stereocenters. The van der Waals surface area contributed by atoms with E-state index in [4.69, 9.17) is 48.5 Å². The SMILES string of the molecule is C#CCOCCOCCOCCOCCOCCOCCOCCOCCOS(=O)(=O)c1ccccc1. The van der Waals surface area contributed by atoms with Crippen LogP contribution in [0.5, 0.6) is 0 Å². The van der Waals surface area contributed by atoms with Crippen LogP contribution in [0.2, 0.25) is 0 Å². The van der Waals surface area contributed by atoms with Crippen LogP contribution in [0.25, 0.3) is 0 Å². The van der Waals surface area contributed by atoms with Gasteiger partial charge in [-0.25, -0.2) is 0 Å². The minimum atomic E-state index is -3.75. The fourth-order valence-corrected chi connectivity index (χ4v) is 3.44. The van der Waals surface area contributed by atoms with Crippen molar-refractivity contribution in [3.63, 3.8) is 0 Å². The number of benzene rings is 1. The molecule has 1 aromatic carbocycles. The second kappa shape index (κ2) is 24.7. The maximum absolute atomic E-state index is 11.9. The Kier molecular flexibility index (Phi) is 22.3. The largest absolute Gasteiger partial charge is 0.377 e. The van der Waals surface area contributed by atoms with E-state index in [1.807, 2.05) is 0 Å². The van der Waals surface area contributed by atoms with Gasteiger partial charge in [0.05, 0.1) is 111 Å². The lowest BCUT2D eigenvalue weighted by atomic mass is 10.4. The van der Waals surface area contributed by atoms with Gasteiger partial charge in [0.15, 0.2) is 0 Å². The first-order valence-electron chi connectivity index (χ1n) is 12.2. The molecule has 0 aliphatic carbocycles. The predicted octanol–water partition coefficient (Wildman–Crippen LogP) is 1.16. The summed E-state index contributed by atoms with van der Waals surface area (Å²) in [4.78, 5) is 0.122. The van der Waals surface area contributed by atoms with Crippen LogP contribution in [-0.2, 0) is 52.2 Å². The van der Waals surface area contributed by atoms with Crippen molar-refractivity contribution in [2.75, 3.05) is 112 Å². The maximum Gasteiger partial charge on any atom is 0.297 e. The van der Waals surface area contributed by atoms with Crippen molar-refractivity contribution in [2.45, 2.75) is 4.90 Å². The first-order chi connectivity index (χ1) is 18.2. The number of rotatable bonds is 27. The van der Waals surface area contributed by atoms with Gasteiger partial charge >= 0.3 is 0 Å². The lowest BCUT2D eigenvalue weighted by molar-refractivity contribution is -0.0230. The molecule has 0 radical (unpaired) electrons. The zero-order valence-corrected chi connectivity index (χ0v) is 22.2. The minimum absolute atomic E-state index is 0.0554. The first kappa shape index (κ1) is 33.4. The standard InChI is InChI=1S/C25H40O11S/c1-2-8-28-9-10-29-11-12-30-13-14-31-15-16-32-17-18-33-19-20-34-21-22-35-23-24-36-37(26,27)25-6-4-3-5-7-25/h1,3-7H,8-24H2. The van der Waals surface area contributed by atoms with Crippen LogP contribution in [0.3, 0.4) is 0 Å². The predicted molar refractivity (Wildman–Crippen MR) is 135 cm³/mol. The lowest BCUT2D eigenvalue weighted by Gasteiger charge is -2.09. The molecule has 0 amide bonds. The van der Waals surface area contributed by atoms with Crippen LogP contribution < -0.4 is 0 Å². The highest BCUT2D eigenvalue weighted by Crippen LogP contribution is 2.10. The fraction of sp³-hybridized carbons (Fsp3) is 0.680. The van der Waals surface area contributed by atoms with Crippen molar-refractivity contribution in [2.24, 2.45) is 0 Å². The van der Waals surface area contributed by atoms with Gasteiger partial charge in [0, 0.05) is 0 Å². The molecule has 0 aliphatic heterocycles. The van der Waals surface area contributed by atoms with Gasteiger partial charge in [0.1, 0.15) is 6.61 Å². The van der Waals surface area contributed by atoms with Gasteiger partial charge < -0.3 is 37.9 Å². The van der Waals surface area contributed by atoms with Crippen molar-refractivity contribution >= 4 is 10.1 Å². The molecule has 0 spiro atoms. The second-order valence-corrected chi connectivity index (χ2v) is 8.75. The molecule has 212 valence electrons. The van der Waals surface area contributed by atoms with Gasteiger partial charge in [0.25, 0.3) is 10.1 Å². The van der Waals surface area contributed by atoms with E-state index >= 15 is 0 Å². The molecular formula is C25H40O11S. The Labute approximate surface area is 220 Å². The average molecular weight is 549 g/mol. The van der Waals surface area contributed by atoms with Gasteiger partial charge in [-0.05, 0) is 12.1 Å². The first-order valence-corrected chi connectivity index (χ1v) is 13.6. The Balaban J connectivity index is 1.71. The van der Waals surface area contributed by atoms with Crippen LogP contribution in [0, 0.1) is 12.3 Å². The van der Waals surface area contributed by atoms with E-state index in [0.717, 1.165) is 0 Å². The molecule has 1 aromatic rings. The number of terminal acetylenes is 1. The monoisotopic (exact) mass is 548 g/mol. The van der Waals surface area contributed by atoms with Crippen LogP contribution in [0.4, 0.5) is 0 Å². The highest BCUT2D eigenvalue weighted by molar-refractivity contribution is 7.86. The molecule has 0 heterocycles. The Bertz CT molecular complexity index is 769. The third-order valence-corrected chi connectivity index (χ3v) is 5.61. The Morgan fingerprint density at radius 3 is 1.19 bits per heavy atom. The molecular weight excluding hydrogens is 508 g/mol. The zero-order chi connectivity index (χ0) is 26.7. The summed E-state index contributed by atoms with van der Waals surface area (Å²) in [6.07, 6.45) is 5.06. The molecule has 0 aliphatic rings. The molecule has 37 heavy (non-hydrogen) atoms. The van der Waals surface area contributed by atoms with Gasteiger partial charge in [-0.15, -0.1) is 6.42 Å². The summed E-state index contributed by atoms with van der Waals surface area (Å²) in [6.45, 7) is 6.83. The number of ether oxygens (including phenoxy) is 8. The molecule has 0 unspecified atom stereocenters. The van der Waals surface area contributed by atoms with E-state index in [-0.39, 0.29) is 18.1 Å². The van der Waals surface area contributed by atoms with Gasteiger partial charge in [-0.1, -0.05) is 24.1 Å². The third kappa shape index (κ3) is 21.0. The van der Waals surface area contributed by atoms with Crippen molar-refractivity contribution in [1.82, 2.24) is 0 Å². The molecule has 0 fully saturated rings. The molecule has 11 nitrogen and oxygen atoms in total. The third-order valence-electron chi connectivity index (χ3n) is 4.29. The van der Waals surface area contributed by atoms with E-state index in [1.165, 1.54) is 12.1 Å². The zero-order valence-electron chi connectivity index (χ0n) is 21.4. The van der Waals surface area contributed by atoms with E-state index in [2.05, 4.69) is 5.92 Å². The Morgan fingerprint density at radius 2 is 0.838 bits per heavy atom. The normalized spacial score (nSPS) is 11.5. The van der Waals surface area contributed by atoms with Crippen LogP contribution >= 0.6 is 0 Å². The molecule has 0 saturated carbocycles. The van der Waals surface area contributed by atoms with Crippen molar-refractivity contribution < 1.29 is 50.5 Å². The van der Waals surface area contributed by atoms with Gasteiger partial charge in [-0.3, -0.25) is 4.18 Å².